The molecule has 2 amide bonds. The first-order chi connectivity index (χ1) is 16.9. The molecule has 2 aliphatic rings. The van der Waals surface area contributed by atoms with Gasteiger partial charge in [-0.3, -0.25) is 4.79 Å². The van der Waals surface area contributed by atoms with E-state index in [2.05, 4.69) is 34.9 Å². The lowest BCUT2D eigenvalue weighted by atomic mass is 9.78. The Morgan fingerprint density at radius 3 is 2.20 bits per heavy atom. The van der Waals surface area contributed by atoms with Crippen molar-refractivity contribution in [1.29, 1.82) is 0 Å². The van der Waals surface area contributed by atoms with Crippen molar-refractivity contribution in [2.75, 3.05) is 13.2 Å². The van der Waals surface area contributed by atoms with E-state index in [0.717, 1.165) is 41.5 Å². The van der Waals surface area contributed by atoms with Crippen LogP contribution in [0, 0.1) is 11.8 Å². The van der Waals surface area contributed by atoms with Gasteiger partial charge in [0.1, 0.15) is 6.61 Å². The largest absolute Gasteiger partial charge is 0.480 e. The summed E-state index contributed by atoms with van der Waals surface area (Å²) in [6.07, 6.45) is 1.38. The SMILES string of the molecule is C[C@@H](O)[C@H](NC(=O)[C@H]1CCCC[C@H]1CNC(=O)OCC1c2ccccc2-c2ccccc21)C(=O)O. The molecular weight excluding hydrogens is 448 g/mol. The number of nitrogens with one attached hydrogen (secondary N) is 2. The molecule has 1 saturated carbocycles. The van der Waals surface area contributed by atoms with Crippen LogP contribution in [0.15, 0.2) is 48.5 Å². The van der Waals surface area contributed by atoms with Crippen molar-refractivity contribution < 1.29 is 29.3 Å². The van der Waals surface area contributed by atoms with Crippen LogP contribution in [0.2, 0.25) is 0 Å². The van der Waals surface area contributed by atoms with Gasteiger partial charge in [0.05, 0.1) is 6.10 Å². The smallest absolute Gasteiger partial charge is 0.407 e. The van der Waals surface area contributed by atoms with E-state index in [1.54, 1.807) is 0 Å². The summed E-state index contributed by atoms with van der Waals surface area (Å²) in [5.41, 5.74) is 4.59. The maximum absolute atomic E-state index is 12.8. The van der Waals surface area contributed by atoms with Gasteiger partial charge >= 0.3 is 12.1 Å². The summed E-state index contributed by atoms with van der Waals surface area (Å²) in [5, 5.41) is 24.2. The topological polar surface area (TPSA) is 125 Å². The highest BCUT2D eigenvalue weighted by molar-refractivity contribution is 5.85. The number of aliphatic hydroxyl groups excluding tert-OH is 1. The van der Waals surface area contributed by atoms with Gasteiger partial charge in [-0.15, -0.1) is 0 Å². The molecule has 0 radical (unpaired) electrons. The Hall–Kier alpha value is -3.39. The number of ether oxygens (including phenoxy) is 1. The number of carbonyl (C=O) groups is 3. The Kier molecular flexibility index (Phi) is 7.70. The molecule has 35 heavy (non-hydrogen) atoms. The molecule has 0 heterocycles. The second-order valence-corrected chi connectivity index (χ2v) is 9.42. The minimum atomic E-state index is -1.36. The summed E-state index contributed by atoms with van der Waals surface area (Å²) in [7, 11) is 0. The van der Waals surface area contributed by atoms with E-state index in [1.165, 1.54) is 6.92 Å². The van der Waals surface area contributed by atoms with Gasteiger partial charge in [0.2, 0.25) is 5.91 Å². The second kappa shape index (κ2) is 10.9. The molecular formula is C27H32N2O6. The van der Waals surface area contributed by atoms with E-state index in [1.807, 2.05) is 24.3 Å². The van der Waals surface area contributed by atoms with Crippen LogP contribution >= 0.6 is 0 Å². The summed E-state index contributed by atoms with van der Waals surface area (Å²) < 4.78 is 5.59. The fraction of sp³-hybridized carbons (Fsp3) is 0.444. The standard InChI is InChI=1S/C27H32N2O6/c1-16(30)24(26(32)33)29-25(31)18-9-3-2-8-17(18)14-28-27(34)35-15-23-21-12-6-4-10-19(21)20-11-5-7-13-22(20)23/h4-7,10-13,16-18,23-24,30H,2-3,8-9,14-15H2,1H3,(H,28,34)(H,29,31)(H,32,33)/t16-,17+,18+,24+/m1/s1. The molecule has 4 atom stereocenters. The van der Waals surface area contributed by atoms with Crippen molar-refractivity contribution in [2.24, 2.45) is 11.8 Å². The fourth-order valence-corrected chi connectivity index (χ4v) is 5.31. The van der Waals surface area contributed by atoms with Crippen molar-refractivity contribution >= 4 is 18.0 Å². The first-order valence-corrected chi connectivity index (χ1v) is 12.2. The van der Waals surface area contributed by atoms with Gasteiger partial charge in [0.15, 0.2) is 6.04 Å². The molecule has 2 aromatic carbocycles. The van der Waals surface area contributed by atoms with E-state index in [-0.39, 0.29) is 25.0 Å². The molecule has 2 aromatic rings. The third-order valence-corrected chi connectivity index (χ3v) is 7.14. The lowest BCUT2D eigenvalue weighted by Gasteiger charge is -2.31. The monoisotopic (exact) mass is 480 g/mol. The number of amides is 2. The first kappa shape index (κ1) is 24.7. The first-order valence-electron chi connectivity index (χ1n) is 12.2. The predicted molar refractivity (Wildman–Crippen MR) is 130 cm³/mol. The average Bonchev–Trinajstić information content (AvgIpc) is 3.18. The number of carboxylic acid groups (broad SMARTS) is 1. The van der Waals surface area contributed by atoms with Gasteiger partial charge in [-0.25, -0.2) is 9.59 Å². The van der Waals surface area contributed by atoms with Crippen LogP contribution in [0.4, 0.5) is 4.79 Å². The summed E-state index contributed by atoms with van der Waals surface area (Å²) in [6.45, 7) is 1.81. The zero-order chi connectivity index (χ0) is 24.9. The Morgan fingerprint density at radius 2 is 1.60 bits per heavy atom. The molecule has 0 saturated heterocycles. The number of rotatable bonds is 8. The number of carbonyl (C=O) groups excluding carboxylic acids is 2. The van der Waals surface area contributed by atoms with Crippen molar-refractivity contribution in [3.63, 3.8) is 0 Å². The van der Waals surface area contributed by atoms with Crippen LogP contribution in [-0.2, 0) is 14.3 Å². The highest BCUT2D eigenvalue weighted by atomic mass is 16.5. The number of carboxylic acids is 1. The minimum Gasteiger partial charge on any atom is -0.480 e. The van der Waals surface area contributed by atoms with Crippen molar-refractivity contribution in [2.45, 2.75) is 50.7 Å². The van der Waals surface area contributed by atoms with Crippen LogP contribution in [0.25, 0.3) is 11.1 Å². The van der Waals surface area contributed by atoms with Crippen LogP contribution < -0.4 is 10.6 Å². The predicted octanol–water partition coefficient (Wildman–Crippen LogP) is 3.28. The molecule has 0 spiro atoms. The third-order valence-electron chi connectivity index (χ3n) is 7.14. The number of hydrogen-bond donors (Lipinski definition) is 4. The summed E-state index contributed by atoms with van der Waals surface area (Å²) in [5.74, 6) is -2.28. The number of fused-ring (bicyclic) bond motifs is 3. The lowest BCUT2D eigenvalue weighted by molar-refractivity contribution is -0.146. The molecule has 0 aromatic heterocycles. The Labute approximate surface area is 204 Å². The van der Waals surface area contributed by atoms with E-state index in [9.17, 15) is 24.6 Å². The molecule has 2 aliphatic carbocycles. The van der Waals surface area contributed by atoms with Crippen LogP contribution in [0.3, 0.4) is 0 Å². The van der Waals surface area contributed by atoms with Gasteiger partial charge in [-0.1, -0.05) is 61.4 Å². The Balaban J connectivity index is 1.33. The number of aliphatic hydroxyl groups is 1. The molecule has 186 valence electrons. The molecule has 8 nitrogen and oxygen atoms in total. The maximum Gasteiger partial charge on any atom is 0.407 e. The second-order valence-electron chi connectivity index (χ2n) is 9.42. The van der Waals surface area contributed by atoms with Gasteiger partial charge in [-0.05, 0) is 47.9 Å². The highest BCUT2D eigenvalue weighted by Crippen LogP contribution is 2.44. The highest BCUT2D eigenvalue weighted by Gasteiger charge is 2.35. The number of hydrogen-bond acceptors (Lipinski definition) is 5. The zero-order valence-corrected chi connectivity index (χ0v) is 19.8. The molecule has 4 N–H and O–H groups in total. The minimum absolute atomic E-state index is 0.0326. The van der Waals surface area contributed by atoms with Crippen molar-refractivity contribution in [1.82, 2.24) is 10.6 Å². The van der Waals surface area contributed by atoms with Crippen LogP contribution in [0.1, 0.15) is 49.7 Å². The quantitative estimate of drug-likeness (QED) is 0.460. The lowest BCUT2D eigenvalue weighted by Crippen LogP contribution is -2.51. The molecule has 8 heteroatoms. The maximum atomic E-state index is 12.8. The molecule has 0 aliphatic heterocycles. The van der Waals surface area contributed by atoms with E-state index < -0.39 is 36.0 Å². The third kappa shape index (κ3) is 5.48. The molecule has 4 rings (SSSR count). The van der Waals surface area contributed by atoms with Crippen LogP contribution in [-0.4, -0.2) is 53.5 Å². The summed E-state index contributed by atoms with van der Waals surface area (Å²) in [4.78, 5) is 36.7. The van der Waals surface area contributed by atoms with E-state index in [0.29, 0.717) is 6.42 Å². The Bertz CT molecular complexity index is 1040. The van der Waals surface area contributed by atoms with Gasteiger partial charge in [-0.2, -0.15) is 0 Å². The fourth-order valence-electron chi connectivity index (χ4n) is 5.31. The van der Waals surface area contributed by atoms with E-state index >= 15 is 0 Å². The molecule has 0 unspecified atom stereocenters. The van der Waals surface area contributed by atoms with Crippen molar-refractivity contribution in [3.05, 3.63) is 59.7 Å². The number of alkyl carbamates (subject to hydrolysis) is 1. The molecule has 1 fully saturated rings. The van der Waals surface area contributed by atoms with Crippen molar-refractivity contribution in [3.8, 4) is 11.1 Å². The zero-order valence-electron chi connectivity index (χ0n) is 19.8. The average molecular weight is 481 g/mol. The van der Waals surface area contributed by atoms with Gasteiger partial charge in [0.25, 0.3) is 0 Å². The van der Waals surface area contributed by atoms with E-state index in [4.69, 9.17) is 4.74 Å². The number of aliphatic carboxylic acids is 1. The van der Waals surface area contributed by atoms with Gasteiger partial charge < -0.3 is 25.6 Å². The summed E-state index contributed by atoms with van der Waals surface area (Å²) in [6, 6.07) is 14.9. The van der Waals surface area contributed by atoms with Crippen LogP contribution in [0.5, 0.6) is 0 Å². The Morgan fingerprint density at radius 1 is 1.00 bits per heavy atom. The molecule has 0 bridgehead atoms. The summed E-state index contributed by atoms with van der Waals surface area (Å²) >= 11 is 0. The van der Waals surface area contributed by atoms with Gasteiger partial charge in [0, 0.05) is 18.4 Å². The number of benzene rings is 2. The normalized spacial score (nSPS) is 20.7.